The Bertz CT molecular complexity index is 998. The van der Waals surface area contributed by atoms with E-state index >= 15 is 0 Å². The van der Waals surface area contributed by atoms with Crippen LogP contribution in [0, 0.1) is 6.92 Å². The maximum atomic E-state index is 12.6. The molecule has 5 nitrogen and oxygen atoms in total. The molecule has 1 aliphatic rings. The van der Waals surface area contributed by atoms with E-state index in [0.717, 1.165) is 16.7 Å². The highest BCUT2D eigenvalue weighted by Gasteiger charge is 2.28. The molecule has 0 saturated heterocycles. The lowest BCUT2D eigenvalue weighted by Crippen LogP contribution is -2.23. The zero-order chi connectivity index (χ0) is 18.8. The van der Waals surface area contributed by atoms with Crippen LogP contribution in [-0.4, -0.2) is 16.9 Å². The third-order valence-corrected chi connectivity index (χ3v) is 4.57. The number of anilines is 1. The van der Waals surface area contributed by atoms with Crippen LogP contribution in [0.1, 0.15) is 43.5 Å². The summed E-state index contributed by atoms with van der Waals surface area (Å²) in [5.74, 6) is -0.133. The Morgan fingerprint density at radius 3 is 2.67 bits per heavy atom. The summed E-state index contributed by atoms with van der Waals surface area (Å²) < 4.78 is 5.56. The van der Waals surface area contributed by atoms with Crippen LogP contribution in [0.3, 0.4) is 0 Å². The molecule has 1 aliphatic heterocycles. The number of ether oxygens (including phenoxy) is 1. The number of pyridine rings is 1. The molecule has 0 spiro atoms. The topological polar surface area (TPSA) is 68.3 Å². The highest BCUT2D eigenvalue weighted by Crippen LogP contribution is 2.31. The Labute approximate surface area is 157 Å². The number of amides is 1. The first-order valence-electron chi connectivity index (χ1n) is 8.73. The van der Waals surface area contributed by atoms with E-state index < -0.39 is 0 Å². The zero-order valence-corrected chi connectivity index (χ0v) is 14.8. The van der Waals surface area contributed by atoms with Crippen LogP contribution in [0.2, 0.25) is 0 Å². The fourth-order valence-electron chi connectivity index (χ4n) is 3.12. The number of nitrogens with one attached hydrogen (secondary N) is 1. The fourth-order valence-corrected chi connectivity index (χ4v) is 3.12. The lowest BCUT2D eigenvalue weighted by molar-refractivity contribution is 0.0252. The number of fused-ring (bicyclic) bond motifs is 1. The van der Waals surface area contributed by atoms with Gasteiger partial charge in [-0.1, -0.05) is 36.4 Å². The summed E-state index contributed by atoms with van der Waals surface area (Å²) in [5, 5.41) is 2.78. The first kappa shape index (κ1) is 17.0. The Hall–Kier alpha value is -3.47. The second kappa shape index (κ2) is 7.03. The van der Waals surface area contributed by atoms with E-state index in [4.69, 9.17) is 4.74 Å². The summed E-state index contributed by atoms with van der Waals surface area (Å²) in [6.45, 7) is 1.93. The zero-order valence-electron chi connectivity index (χ0n) is 14.8. The molecule has 27 heavy (non-hydrogen) atoms. The van der Waals surface area contributed by atoms with E-state index in [1.165, 1.54) is 0 Å². The SMILES string of the molecule is Cc1ccc(NC(=O)c2ccc3c(c2)CC(c2ccccc2)OC3=O)nc1. The monoisotopic (exact) mass is 358 g/mol. The molecule has 1 atom stereocenters. The quantitative estimate of drug-likeness (QED) is 0.716. The van der Waals surface area contributed by atoms with Gasteiger partial charge < -0.3 is 10.1 Å². The molecule has 134 valence electrons. The van der Waals surface area contributed by atoms with E-state index in [-0.39, 0.29) is 18.0 Å². The van der Waals surface area contributed by atoms with Gasteiger partial charge in [0.25, 0.3) is 5.91 Å². The van der Waals surface area contributed by atoms with Crippen molar-refractivity contribution in [2.24, 2.45) is 0 Å². The van der Waals surface area contributed by atoms with Gasteiger partial charge in [-0.2, -0.15) is 0 Å². The van der Waals surface area contributed by atoms with Gasteiger partial charge >= 0.3 is 5.97 Å². The van der Waals surface area contributed by atoms with Gasteiger partial charge in [0.1, 0.15) is 11.9 Å². The molecular weight excluding hydrogens is 340 g/mol. The molecular formula is C22H18N2O3. The Kier molecular flexibility index (Phi) is 4.42. The number of carbonyl (C=O) groups is 2. The fraction of sp³-hybridized carbons (Fsp3) is 0.136. The van der Waals surface area contributed by atoms with Crippen molar-refractivity contribution < 1.29 is 14.3 Å². The molecule has 1 amide bonds. The molecule has 1 unspecified atom stereocenters. The molecule has 5 heteroatoms. The van der Waals surface area contributed by atoms with E-state index in [1.54, 1.807) is 30.5 Å². The molecule has 3 aromatic rings. The van der Waals surface area contributed by atoms with Gasteiger partial charge in [-0.25, -0.2) is 9.78 Å². The maximum absolute atomic E-state index is 12.6. The van der Waals surface area contributed by atoms with Crippen LogP contribution < -0.4 is 5.32 Å². The summed E-state index contributed by atoms with van der Waals surface area (Å²) in [4.78, 5) is 29.1. The molecule has 2 heterocycles. The van der Waals surface area contributed by atoms with Crippen molar-refractivity contribution in [3.63, 3.8) is 0 Å². The summed E-state index contributed by atoms with van der Waals surface area (Å²) in [5.41, 5.74) is 3.76. The predicted octanol–water partition coefficient (Wildman–Crippen LogP) is 4.10. The van der Waals surface area contributed by atoms with Crippen LogP contribution in [0.5, 0.6) is 0 Å². The second-order valence-corrected chi connectivity index (χ2v) is 6.56. The van der Waals surface area contributed by atoms with Gasteiger partial charge in [0.05, 0.1) is 5.56 Å². The molecule has 0 aliphatic carbocycles. The number of rotatable bonds is 3. The smallest absolute Gasteiger partial charge is 0.339 e. The van der Waals surface area contributed by atoms with Crippen molar-refractivity contribution >= 4 is 17.7 Å². The molecule has 0 fully saturated rings. The Morgan fingerprint density at radius 1 is 1.11 bits per heavy atom. The van der Waals surface area contributed by atoms with Gasteiger partial charge in [-0.3, -0.25) is 4.79 Å². The summed E-state index contributed by atoms with van der Waals surface area (Å²) in [6.07, 6.45) is 1.89. The van der Waals surface area contributed by atoms with Crippen molar-refractivity contribution in [2.75, 3.05) is 5.32 Å². The minimum Gasteiger partial charge on any atom is -0.454 e. The number of hydrogen-bond acceptors (Lipinski definition) is 4. The normalized spacial score (nSPS) is 15.6. The van der Waals surface area contributed by atoms with Crippen molar-refractivity contribution in [2.45, 2.75) is 19.4 Å². The minimum atomic E-state index is -0.364. The van der Waals surface area contributed by atoms with E-state index in [1.807, 2.05) is 43.3 Å². The summed E-state index contributed by atoms with van der Waals surface area (Å²) in [6, 6.07) is 18.3. The second-order valence-electron chi connectivity index (χ2n) is 6.56. The van der Waals surface area contributed by atoms with Crippen LogP contribution in [-0.2, 0) is 11.2 Å². The highest BCUT2D eigenvalue weighted by molar-refractivity contribution is 6.04. The number of aryl methyl sites for hydroxylation is 1. The molecule has 0 radical (unpaired) electrons. The highest BCUT2D eigenvalue weighted by atomic mass is 16.5. The van der Waals surface area contributed by atoms with Crippen LogP contribution in [0.15, 0.2) is 66.9 Å². The van der Waals surface area contributed by atoms with Gasteiger partial charge in [0, 0.05) is 18.2 Å². The van der Waals surface area contributed by atoms with Crippen molar-refractivity contribution in [3.8, 4) is 0 Å². The lowest BCUT2D eigenvalue weighted by Gasteiger charge is -2.25. The average Bonchev–Trinajstić information content (AvgIpc) is 2.70. The first-order valence-corrected chi connectivity index (χ1v) is 8.73. The van der Waals surface area contributed by atoms with Crippen molar-refractivity contribution in [3.05, 3.63) is 94.7 Å². The largest absolute Gasteiger partial charge is 0.454 e. The van der Waals surface area contributed by atoms with E-state index in [9.17, 15) is 9.59 Å². The number of aromatic nitrogens is 1. The molecule has 1 N–H and O–H groups in total. The molecule has 4 rings (SSSR count). The van der Waals surface area contributed by atoms with Crippen LogP contribution >= 0.6 is 0 Å². The maximum Gasteiger partial charge on any atom is 0.339 e. The molecule has 0 bridgehead atoms. The van der Waals surface area contributed by atoms with Crippen LogP contribution in [0.25, 0.3) is 0 Å². The predicted molar refractivity (Wildman–Crippen MR) is 102 cm³/mol. The number of carbonyl (C=O) groups excluding carboxylic acids is 2. The molecule has 2 aromatic carbocycles. The van der Waals surface area contributed by atoms with Crippen LogP contribution in [0.4, 0.5) is 5.82 Å². The van der Waals surface area contributed by atoms with E-state index in [0.29, 0.717) is 23.4 Å². The number of benzene rings is 2. The number of nitrogens with zero attached hydrogens (tertiary/aromatic N) is 1. The minimum absolute atomic E-state index is 0.260. The van der Waals surface area contributed by atoms with Crippen molar-refractivity contribution in [1.82, 2.24) is 4.98 Å². The average molecular weight is 358 g/mol. The van der Waals surface area contributed by atoms with E-state index in [2.05, 4.69) is 10.3 Å². The van der Waals surface area contributed by atoms with Gasteiger partial charge in [0.2, 0.25) is 0 Å². The number of cyclic esters (lactones) is 1. The lowest BCUT2D eigenvalue weighted by atomic mass is 9.93. The summed E-state index contributed by atoms with van der Waals surface area (Å²) in [7, 11) is 0. The van der Waals surface area contributed by atoms with Gasteiger partial charge in [-0.05, 0) is 47.9 Å². The first-order chi connectivity index (χ1) is 13.1. The standard InChI is InChI=1S/C22H18N2O3/c1-14-7-10-20(23-13-14)24-21(25)16-8-9-18-17(11-16)12-19(27-22(18)26)15-5-3-2-4-6-15/h2-11,13,19H,12H2,1H3,(H,23,24,25). The third kappa shape index (κ3) is 3.58. The Balaban J connectivity index is 1.58. The van der Waals surface area contributed by atoms with Gasteiger partial charge in [-0.15, -0.1) is 0 Å². The third-order valence-electron chi connectivity index (χ3n) is 4.57. The van der Waals surface area contributed by atoms with Crippen molar-refractivity contribution in [1.29, 1.82) is 0 Å². The molecule has 1 aromatic heterocycles. The van der Waals surface area contributed by atoms with Gasteiger partial charge in [0.15, 0.2) is 0 Å². The summed E-state index contributed by atoms with van der Waals surface area (Å²) >= 11 is 0. The molecule has 0 saturated carbocycles. The Morgan fingerprint density at radius 2 is 1.93 bits per heavy atom. The number of hydrogen-bond donors (Lipinski definition) is 1. The number of esters is 1.